The van der Waals surface area contributed by atoms with Crippen LogP contribution in [0.25, 0.3) is 0 Å². The van der Waals surface area contributed by atoms with Gasteiger partial charge in [-0.05, 0) is 42.9 Å². The lowest BCUT2D eigenvalue weighted by Crippen LogP contribution is -2.25. The molecule has 0 saturated heterocycles. The second-order valence-electron chi connectivity index (χ2n) is 5.31. The molecule has 1 aliphatic rings. The van der Waals surface area contributed by atoms with Gasteiger partial charge < -0.3 is 14.6 Å². The summed E-state index contributed by atoms with van der Waals surface area (Å²) >= 11 is 0. The fourth-order valence-electron chi connectivity index (χ4n) is 2.63. The van der Waals surface area contributed by atoms with Crippen molar-refractivity contribution in [3.8, 4) is 5.75 Å². The Bertz CT molecular complexity index is 355. The fourth-order valence-corrected chi connectivity index (χ4v) is 2.63. The second-order valence-corrected chi connectivity index (χ2v) is 5.31. The molecule has 1 fully saturated rings. The van der Waals surface area contributed by atoms with Crippen molar-refractivity contribution >= 4 is 0 Å². The van der Waals surface area contributed by atoms with Gasteiger partial charge in [0, 0.05) is 7.11 Å². The van der Waals surface area contributed by atoms with Gasteiger partial charge in [0.2, 0.25) is 0 Å². The minimum absolute atomic E-state index is 0.323. The van der Waals surface area contributed by atoms with Crippen LogP contribution >= 0.6 is 0 Å². The van der Waals surface area contributed by atoms with Crippen LogP contribution < -0.4 is 4.74 Å². The van der Waals surface area contributed by atoms with Gasteiger partial charge in [0.25, 0.3) is 0 Å². The van der Waals surface area contributed by atoms with Crippen molar-refractivity contribution < 1.29 is 14.6 Å². The number of hydrogen-bond acceptors (Lipinski definition) is 3. The first kappa shape index (κ1) is 14.4. The Morgan fingerprint density at radius 3 is 2.53 bits per heavy atom. The summed E-state index contributed by atoms with van der Waals surface area (Å²) in [6.07, 6.45) is 5.37. The molecule has 1 aromatic carbocycles. The van der Waals surface area contributed by atoms with Crippen LogP contribution in [0.4, 0.5) is 0 Å². The van der Waals surface area contributed by atoms with Gasteiger partial charge in [0.15, 0.2) is 0 Å². The van der Waals surface area contributed by atoms with Gasteiger partial charge in [0.1, 0.15) is 12.4 Å². The third-order valence-electron chi connectivity index (χ3n) is 3.88. The molecule has 0 aliphatic heterocycles. The quantitative estimate of drug-likeness (QED) is 0.823. The van der Waals surface area contributed by atoms with Crippen molar-refractivity contribution in [1.82, 2.24) is 0 Å². The van der Waals surface area contributed by atoms with Crippen molar-refractivity contribution in [2.24, 2.45) is 5.92 Å². The van der Waals surface area contributed by atoms with Gasteiger partial charge in [-0.2, -0.15) is 0 Å². The molecule has 0 heterocycles. The average Bonchev–Trinajstić information content (AvgIpc) is 2.98. The molecular formula is C16H24O3. The molecule has 0 amide bonds. The van der Waals surface area contributed by atoms with E-state index in [1.54, 1.807) is 7.11 Å². The van der Waals surface area contributed by atoms with Crippen molar-refractivity contribution in [2.45, 2.75) is 38.2 Å². The maximum Gasteiger partial charge on any atom is 0.119 e. The highest BCUT2D eigenvalue weighted by atomic mass is 16.5. The minimum atomic E-state index is -0.323. The number of ether oxygens (including phenoxy) is 2. The van der Waals surface area contributed by atoms with E-state index in [4.69, 9.17) is 9.47 Å². The van der Waals surface area contributed by atoms with E-state index in [-0.39, 0.29) is 6.10 Å². The number of benzene rings is 1. The van der Waals surface area contributed by atoms with Gasteiger partial charge in [0.05, 0.1) is 12.7 Å². The van der Waals surface area contributed by atoms with E-state index in [0.29, 0.717) is 12.5 Å². The van der Waals surface area contributed by atoms with Gasteiger partial charge in [-0.25, -0.2) is 0 Å². The number of aliphatic hydroxyl groups is 1. The molecular weight excluding hydrogens is 240 g/mol. The smallest absolute Gasteiger partial charge is 0.119 e. The summed E-state index contributed by atoms with van der Waals surface area (Å²) in [5.41, 5.74) is 1.24. The summed E-state index contributed by atoms with van der Waals surface area (Å²) in [6.45, 7) is 1.14. The summed E-state index contributed by atoms with van der Waals surface area (Å²) in [6, 6.07) is 8.03. The molecule has 0 spiro atoms. The van der Waals surface area contributed by atoms with E-state index in [2.05, 4.69) is 12.1 Å². The molecule has 1 unspecified atom stereocenters. The predicted octanol–water partition coefficient (Wildman–Crippen LogP) is 2.81. The van der Waals surface area contributed by atoms with Gasteiger partial charge in [-0.3, -0.25) is 0 Å². The van der Waals surface area contributed by atoms with Crippen LogP contribution in [0.1, 0.15) is 31.2 Å². The van der Waals surface area contributed by atoms with Gasteiger partial charge >= 0.3 is 0 Å². The molecule has 19 heavy (non-hydrogen) atoms. The molecule has 3 heteroatoms. The highest BCUT2D eigenvalue weighted by molar-refractivity contribution is 5.27. The largest absolute Gasteiger partial charge is 0.491 e. The Morgan fingerprint density at radius 2 is 1.89 bits per heavy atom. The maximum atomic E-state index is 10.0. The zero-order valence-electron chi connectivity index (χ0n) is 11.7. The lowest BCUT2D eigenvalue weighted by Gasteiger charge is -2.18. The van der Waals surface area contributed by atoms with Crippen LogP contribution in [0.15, 0.2) is 24.3 Å². The first-order valence-corrected chi connectivity index (χ1v) is 7.18. The second kappa shape index (κ2) is 7.51. The monoisotopic (exact) mass is 264 g/mol. The van der Waals surface area contributed by atoms with E-state index in [0.717, 1.165) is 31.6 Å². The van der Waals surface area contributed by atoms with Gasteiger partial charge in [-0.1, -0.05) is 25.0 Å². The number of aliphatic hydroxyl groups excluding tert-OH is 1. The molecule has 1 aromatic rings. The number of hydrogen-bond donors (Lipinski definition) is 1. The molecule has 1 atom stereocenters. The van der Waals surface area contributed by atoms with Crippen LogP contribution in [-0.4, -0.2) is 31.5 Å². The third kappa shape index (κ3) is 4.51. The zero-order valence-corrected chi connectivity index (χ0v) is 11.7. The van der Waals surface area contributed by atoms with E-state index >= 15 is 0 Å². The van der Waals surface area contributed by atoms with Gasteiger partial charge in [-0.15, -0.1) is 0 Å². The van der Waals surface area contributed by atoms with Crippen LogP contribution in [0.5, 0.6) is 5.75 Å². The molecule has 3 nitrogen and oxygen atoms in total. The topological polar surface area (TPSA) is 38.7 Å². The molecule has 1 aliphatic carbocycles. The van der Waals surface area contributed by atoms with Crippen LogP contribution in [0.3, 0.4) is 0 Å². The SMILES string of the molecule is COCCc1ccc(OCC(O)C2CCCC2)cc1. The highest BCUT2D eigenvalue weighted by Crippen LogP contribution is 2.28. The fraction of sp³-hybridized carbons (Fsp3) is 0.625. The summed E-state index contributed by atoms with van der Waals surface area (Å²) in [5, 5.41) is 10.0. The maximum absolute atomic E-state index is 10.0. The van der Waals surface area contributed by atoms with E-state index in [1.807, 2.05) is 12.1 Å². The Balaban J connectivity index is 1.75. The van der Waals surface area contributed by atoms with E-state index < -0.39 is 0 Å². The molecule has 106 valence electrons. The van der Waals surface area contributed by atoms with Crippen molar-refractivity contribution in [2.75, 3.05) is 20.3 Å². The Morgan fingerprint density at radius 1 is 1.21 bits per heavy atom. The van der Waals surface area contributed by atoms with Crippen LogP contribution in [-0.2, 0) is 11.2 Å². The zero-order chi connectivity index (χ0) is 13.5. The predicted molar refractivity (Wildman–Crippen MR) is 75.5 cm³/mol. The van der Waals surface area contributed by atoms with E-state index in [1.165, 1.54) is 18.4 Å². The lowest BCUT2D eigenvalue weighted by molar-refractivity contribution is 0.0593. The normalized spacial score (nSPS) is 17.6. The minimum Gasteiger partial charge on any atom is -0.491 e. The summed E-state index contributed by atoms with van der Waals surface area (Å²) in [5.74, 6) is 1.26. The van der Waals surface area contributed by atoms with Crippen molar-refractivity contribution in [3.05, 3.63) is 29.8 Å². The lowest BCUT2D eigenvalue weighted by atomic mass is 10.0. The average molecular weight is 264 g/mol. The summed E-state index contributed by atoms with van der Waals surface area (Å²) in [4.78, 5) is 0. The standard InChI is InChI=1S/C16H24O3/c1-18-11-10-13-6-8-15(9-7-13)19-12-16(17)14-4-2-3-5-14/h6-9,14,16-17H,2-5,10-12H2,1H3. The summed E-state index contributed by atoms with van der Waals surface area (Å²) < 4.78 is 10.7. The van der Waals surface area contributed by atoms with E-state index in [9.17, 15) is 5.11 Å². The number of methoxy groups -OCH3 is 1. The first-order chi connectivity index (χ1) is 9.29. The van der Waals surface area contributed by atoms with Crippen LogP contribution in [0, 0.1) is 5.92 Å². The molecule has 0 radical (unpaired) electrons. The van der Waals surface area contributed by atoms with Crippen molar-refractivity contribution in [3.63, 3.8) is 0 Å². The highest BCUT2D eigenvalue weighted by Gasteiger charge is 2.23. The summed E-state index contributed by atoms with van der Waals surface area (Å²) in [7, 11) is 1.71. The third-order valence-corrected chi connectivity index (χ3v) is 3.88. The Kier molecular flexibility index (Phi) is 5.67. The number of rotatable bonds is 7. The molecule has 0 aromatic heterocycles. The van der Waals surface area contributed by atoms with Crippen molar-refractivity contribution in [1.29, 1.82) is 0 Å². The molecule has 0 bridgehead atoms. The molecule has 1 saturated carbocycles. The molecule has 2 rings (SSSR count). The molecule has 1 N–H and O–H groups in total. The Hall–Kier alpha value is -1.06. The Labute approximate surface area is 115 Å². The van der Waals surface area contributed by atoms with Crippen LogP contribution in [0.2, 0.25) is 0 Å². The first-order valence-electron chi connectivity index (χ1n) is 7.18.